The average molecular weight is 1830 g/mol. The van der Waals surface area contributed by atoms with Crippen LogP contribution >= 0.6 is 0 Å². The Bertz CT molecular complexity index is 10100. The lowest BCUT2D eigenvalue weighted by Crippen LogP contribution is -1.99. The van der Waals surface area contributed by atoms with E-state index in [-0.39, 0.29) is 0 Å². The van der Waals surface area contributed by atoms with Crippen LogP contribution in [0, 0.1) is 13.8 Å². The molecule has 28 aromatic rings. The van der Waals surface area contributed by atoms with E-state index >= 15 is 0 Å². The minimum absolute atomic E-state index is 0.349. The van der Waals surface area contributed by atoms with Crippen molar-refractivity contribution in [1.29, 1.82) is 0 Å². The largest absolute Gasteiger partial charge is 0.308 e. The van der Waals surface area contributed by atoms with E-state index in [1.54, 1.807) is 0 Å². The number of aromatic nitrogens is 3. The number of fused-ring (bicyclic) bond motifs is 24. The van der Waals surface area contributed by atoms with Crippen LogP contribution in [0.4, 0.5) is 0 Å². The Morgan fingerprint density at radius 2 is 0.427 bits per heavy atom. The highest BCUT2D eigenvalue weighted by Gasteiger charge is 2.29. The molecule has 22 aromatic carbocycles. The summed E-state index contributed by atoms with van der Waals surface area (Å²) < 4.78 is 7.78. The fourth-order valence-electron chi connectivity index (χ4n) is 25.2. The summed E-state index contributed by atoms with van der Waals surface area (Å²) in [7, 11) is 0. The van der Waals surface area contributed by atoms with E-state index in [0.29, 0.717) is 35.5 Å². The van der Waals surface area contributed by atoms with Crippen LogP contribution < -0.4 is 0 Å². The van der Waals surface area contributed by atoms with Gasteiger partial charge in [0.05, 0.1) is 49.7 Å². The molecule has 0 aliphatic carbocycles. The van der Waals surface area contributed by atoms with Crippen LogP contribution in [0.1, 0.15) is 161 Å². The zero-order valence-corrected chi connectivity index (χ0v) is 82.7. The molecular weight excluding hydrogens is 1720 g/mol. The molecular formula is C140H109N3. The minimum atomic E-state index is 0.349. The van der Waals surface area contributed by atoms with Gasteiger partial charge in [0.15, 0.2) is 0 Å². The number of hydrogen-bond acceptors (Lipinski definition) is 0. The van der Waals surface area contributed by atoms with Gasteiger partial charge in [-0.1, -0.05) is 322 Å². The molecule has 3 nitrogen and oxygen atoms in total. The van der Waals surface area contributed by atoms with Gasteiger partial charge in [-0.05, 0) is 389 Å². The maximum absolute atomic E-state index is 2.61. The van der Waals surface area contributed by atoms with Crippen LogP contribution in [0.2, 0.25) is 0 Å². The maximum atomic E-state index is 2.61. The van der Waals surface area contributed by atoms with Gasteiger partial charge in [0, 0.05) is 64.6 Å². The van der Waals surface area contributed by atoms with E-state index in [9.17, 15) is 0 Å². The van der Waals surface area contributed by atoms with Gasteiger partial charge in [0.2, 0.25) is 0 Å². The summed E-state index contributed by atoms with van der Waals surface area (Å²) in [5, 5.41) is 31.0. The van der Waals surface area contributed by atoms with Gasteiger partial charge in [-0.3, -0.25) is 0 Å². The lowest BCUT2D eigenvalue weighted by atomic mass is 9.87. The van der Waals surface area contributed by atoms with Crippen molar-refractivity contribution in [2.24, 2.45) is 0 Å². The third-order valence-electron chi connectivity index (χ3n) is 33.4. The molecule has 6 heterocycles. The lowest BCUT2D eigenvalue weighted by molar-refractivity contribution is 0.574. The molecule has 143 heavy (non-hydrogen) atoms. The molecule has 0 spiro atoms. The molecule has 6 aromatic heterocycles. The number of aryl methyl sites for hydroxylation is 2. The van der Waals surface area contributed by atoms with Crippen LogP contribution in [0.25, 0.3) is 257 Å². The van der Waals surface area contributed by atoms with Crippen molar-refractivity contribution in [3.8, 4) is 77.9 Å². The Morgan fingerprint density at radius 3 is 0.748 bits per heavy atom. The van der Waals surface area contributed by atoms with Crippen molar-refractivity contribution >= 4 is 179 Å². The zero-order chi connectivity index (χ0) is 95.7. The first kappa shape index (κ1) is 84.8. The van der Waals surface area contributed by atoms with Crippen molar-refractivity contribution in [1.82, 2.24) is 13.2 Å². The predicted octanol–water partition coefficient (Wildman–Crippen LogP) is 40.0. The van der Waals surface area contributed by atoms with Gasteiger partial charge in [0.25, 0.3) is 0 Å². The van der Waals surface area contributed by atoms with Gasteiger partial charge < -0.3 is 13.2 Å². The molecule has 0 amide bonds. The van der Waals surface area contributed by atoms with Crippen LogP contribution in [0.3, 0.4) is 0 Å². The van der Waals surface area contributed by atoms with Gasteiger partial charge in [-0.25, -0.2) is 0 Å². The summed E-state index contributed by atoms with van der Waals surface area (Å²) in [6.07, 6.45) is 4.30. The van der Waals surface area contributed by atoms with E-state index in [4.69, 9.17) is 0 Å². The van der Waals surface area contributed by atoms with E-state index < -0.39 is 0 Å². The second kappa shape index (κ2) is 32.7. The first-order valence-electron chi connectivity index (χ1n) is 51.9. The quantitative estimate of drug-likeness (QED) is 0.0766. The molecule has 4 atom stereocenters. The van der Waals surface area contributed by atoms with Crippen LogP contribution in [-0.4, -0.2) is 13.2 Å². The van der Waals surface area contributed by atoms with E-state index in [2.05, 4.69) is 477 Å². The van der Waals surface area contributed by atoms with Crippen molar-refractivity contribution in [2.75, 3.05) is 0 Å². The van der Waals surface area contributed by atoms with Crippen molar-refractivity contribution in [2.45, 2.75) is 130 Å². The van der Waals surface area contributed by atoms with E-state index in [0.717, 1.165) is 25.7 Å². The van der Waals surface area contributed by atoms with E-state index in [1.807, 2.05) is 0 Å². The molecule has 0 aliphatic rings. The fourth-order valence-corrected chi connectivity index (χ4v) is 25.2. The first-order valence-corrected chi connectivity index (χ1v) is 51.9. The van der Waals surface area contributed by atoms with Crippen LogP contribution in [-0.2, 0) is 0 Å². The Labute approximate surface area is 833 Å². The molecule has 4 unspecified atom stereocenters. The van der Waals surface area contributed by atoms with Gasteiger partial charge in [0.1, 0.15) is 0 Å². The number of nitrogens with zero attached hydrogens (tertiary/aromatic N) is 3. The summed E-state index contributed by atoms with van der Waals surface area (Å²) in [4.78, 5) is 0. The molecule has 0 radical (unpaired) electrons. The Kier molecular flexibility index (Phi) is 19.4. The number of rotatable bonds is 19. The topological polar surface area (TPSA) is 13.2 Å². The molecule has 0 aliphatic heterocycles. The van der Waals surface area contributed by atoms with Crippen molar-refractivity contribution in [3.05, 3.63) is 439 Å². The van der Waals surface area contributed by atoms with Gasteiger partial charge in [-0.2, -0.15) is 0 Å². The predicted molar refractivity (Wildman–Crippen MR) is 616 cm³/mol. The third-order valence-corrected chi connectivity index (χ3v) is 33.4. The summed E-state index contributed by atoms with van der Waals surface area (Å²) in [5.41, 5.74) is 39.6. The Morgan fingerprint density at radius 1 is 0.168 bits per heavy atom. The maximum Gasteiger partial charge on any atom is 0.0620 e. The highest BCUT2D eigenvalue weighted by molar-refractivity contribution is 6.31. The summed E-state index contributed by atoms with van der Waals surface area (Å²) >= 11 is 0. The Balaban J connectivity index is 0.485. The second-order valence-electron chi connectivity index (χ2n) is 43.0. The molecule has 684 valence electrons. The second-order valence-corrected chi connectivity index (χ2v) is 43.0. The van der Waals surface area contributed by atoms with Crippen molar-refractivity contribution in [3.63, 3.8) is 0 Å². The molecule has 3 heteroatoms. The monoisotopic (exact) mass is 1830 g/mol. The molecule has 28 rings (SSSR count). The summed E-state index contributed by atoms with van der Waals surface area (Å²) in [6, 6.07) is 153. The number of benzene rings is 22. The minimum Gasteiger partial charge on any atom is -0.308 e. The normalized spacial score (nSPS) is 13.4. The highest BCUT2D eigenvalue weighted by Crippen LogP contribution is 2.52. The molecule has 0 saturated heterocycles. The Hall–Kier alpha value is -16.2. The van der Waals surface area contributed by atoms with Gasteiger partial charge >= 0.3 is 0 Å². The molecule has 0 N–H and O–H groups in total. The highest BCUT2D eigenvalue weighted by atomic mass is 14.9. The van der Waals surface area contributed by atoms with Gasteiger partial charge in [-0.15, -0.1) is 0 Å². The fraction of sp³-hybridized carbons (Fsp3) is 0.143. The lowest BCUT2D eigenvalue weighted by Gasteiger charge is -2.18. The zero-order valence-electron chi connectivity index (χ0n) is 82.7. The smallest absolute Gasteiger partial charge is 0.0620 e. The molecule has 0 saturated carbocycles. The SMILES string of the molecule is Cc1cc(-c2ccccc2)cc(-c2cc3c4cc5cc(C(C)CCC(C)c6ccc7cc8c(cc7c6)c6cc(-c7cc(-c9ccccc9)ccc7C)cc7c9cc%10cc(C(C)C)ccc%10cc9n8c76)ccc5cc4n4c5cc6ccc(C(C)CCC(C)c7ccc8cc9c(cc8c7)c7cc(-c8ccc(-c%10ccccc%10)cc8-c8ccccc8)cc8c%10cc%11cc(C(C)C)ccc%11cc%10n9c87)cc6cc5c(c2)c34)c1. The van der Waals surface area contributed by atoms with E-state index in [1.165, 1.54) is 301 Å². The standard InChI is InChI=1S/C140H109N3/c1-80(2)92-37-43-100-74-134-122(62-108(100)53-92)128-70-115(117-50-49-99(89-25-17-12-18-26-89)61-119(117)91-29-21-14-22-30-91)71-129-124-66-112-57-96(41-47-104(112)78-136(124)142(134)139(128)129)85(8)33-31-83(6)94-39-45-102-76-132-120(64-110(102)55-94)126-68-114(107-52-82(5)51-106(59-107)90-27-19-13-20-28-90)69-127-121-65-111-56-95(40-46-103(111)77-133(121)141(132)138(126)127)84(7)32-34-86(9)97-42-48-105-79-137-125(67-113(105)58-97)131-73-116(118-60-98(36-35-87(118)10)88-23-15-11-16-24-88)72-130-123-63-109-54-93(81(3)4)38-44-101(109)75-135(123)143(137)140(130)131/h11-30,35-81,83-86H,31-34H2,1-10H3. The third kappa shape index (κ3) is 13.8. The van der Waals surface area contributed by atoms with Crippen LogP contribution in [0.5, 0.6) is 0 Å². The first-order chi connectivity index (χ1) is 69.9. The summed E-state index contributed by atoms with van der Waals surface area (Å²) in [6.45, 7) is 23.5. The average Bonchev–Trinajstić information content (AvgIpc) is 1.54. The molecule has 0 bridgehead atoms. The molecule has 0 fully saturated rings. The van der Waals surface area contributed by atoms with Crippen LogP contribution in [0.15, 0.2) is 394 Å². The number of hydrogen-bond donors (Lipinski definition) is 0. The van der Waals surface area contributed by atoms with Crippen molar-refractivity contribution < 1.29 is 0 Å². The summed E-state index contributed by atoms with van der Waals surface area (Å²) in [5.74, 6) is 2.31.